The van der Waals surface area contributed by atoms with Crippen LogP contribution in [0.3, 0.4) is 0 Å². The predicted octanol–water partition coefficient (Wildman–Crippen LogP) is 2.35. The molecule has 5 heteroatoms. The number of carboxylic acid groups (broad SMARTS) is 1. The molecule has 3 atom stereocenters. The minimum absolute atomic E-state index is 0.0863. The lowest BCUT2D eigenvalue weighted by Gasteiger charge is -2.48. The van der Waals surface area contributed by atoms with E-state index in [0.29, 0.717) is 18.3 Å². The zero-order chi connectivity index (χ0) is 13.5. The molecule has 0 aromatic heterocycles. The lowest BCUT2D eigenvalue weighted by Crippen LogP contribution is -2.50. The minimum Gasteiger partial charge on any atom is -0.481 e. The highest BCUT2D eigenvalue weighted by molar-refractivity contribution is 5.68. The Hall–Kier alpha value is -1.39. The molecule has 1 saturated carbocycles. The van der Waals surface area contributed by atoms with Crippen molar-refractivity contribution in [1.82, 2.24) is 0 Å². The first-order valence-corrected chi connectivity index (χ1v) is 6.38. The molecule has 100 valence electrons. The topological polar surface area (TPSA) is 80.4 Å². The zero-order valence-corrected chi connectivity index (χ0v) is 10.8. The number of carboxylic acids is 1. The van der Waals surface area contributed by atoms with E-state index in [4.69, 9.17) is 5.11 Å². The standard InChI is InChI=1S/C13H19NO4/c1-8(2)9-3-10-5-13(6-12(15)16,7-14(17)18)11(10)4-9/h4,8,10-11H,3,5-7H2,1-2H3,(H,15,16)/t10-,11?,13+/m1/s1. The Balaban J connectivity index is 2.19. The third kappa shape index (κ3) is 2.13. The summed E-state index contributed by atoms with van der Waals surface area (Å²) >= 11 is 0. The van der Waals surface area contributed by atoms with E-state index in [9.17, 15) is 14.9 Å². The first-order valence-electron chi connectivity index (χ1n) is 6.38. The lowest BCUT2D eigenvalue weighted by atomic mass is 9.53. The summed E-state index contributed by atoms with van der Waals surface area (Å²) in [6, 6.07) is 0. The van der Waals surface area contributed by atoms with Crippen molar-refractivity contribution in [3.8, 4) is 0 Å². The van der Waals surface area contributed by atoms with Crippen molar-refractivity contribution in [3.05, 3.63) is 21.8 Å². The fourth-order valence-electron chi connectivity index (χ4n) is 3.64. The lowest BCUT2D eigenvalue weighted by molar-refractivity contribution is -0.505. The van der Waals surface area contributed by atoms with Crippen LogP contribution in [0, 0.1) is 33.3 Å². The second kappa shape index (κ2) is 4.37. The average molecular weight is 253 g/mol. The maximum Gasteiger partial charge on any atom is 0.304 e. The summed E-state index contributed by atoms with van der Waals surface area (Å²) in [6.45, 7) is 4.01. The van der Waals surface area contributed by atoms with Gasteiger partial charge in [-0.25, -0.2) is 0 Å². The Bertz CT molecular complexity index is 397. The zero-order valence-electron chi connectivity index (χ0n) is 10.8. The first kappa shape index (κ1) is 13.1. The fraction of sp³-hybridized carbons (Fsp3) is 0.769. The van der Waals surface area contributed by atoms with Gasteiger partial charge in [0.2, 0.25) is 6.54 Å². The molecular formula is C13H19NO4. The number of fused-ring (bicyclic) bond motifs is 1. The highest BCUT2D eigenvalue weighted by Gasteiger charge is 2.58. The maximum absolute atomic E-state index is 10.9. The van der Waals surface area contributed by atoms with Crippen LogP contribution in [-0.2, 0) is 4.79 Å². The van der Waals surface area contributed by atoms with Crippen LogP contribution in [-0.4, -0.2) is 22.5 Å². The summed E-state index contributed by atoms with van der Waals surface area (Å²) in [5.74, 6) is 0.0496. The molecule has 0 radical (unpaired) electrons. The van der Waals surface area contributed by atoms with Crippen molar-refractivity contribution in [1.29, 1.82) is 0 Å². The first-order chi connectivity index (χ1) is 8.34. The van der Waals surface area contributed by atoms with Gasteiger partial charge < -0.3 is 5.11 Å². The molecule has 0 spiro atoms. The van der Waals surface area contributed by atoms with Crippen molar-refractivity contribution in [3.63, 3.8) is 0 Å². The molecule has 5 nitrogen and oxygen atoms in total. The predicted molar refractivity (Wildman–Crippen MR) is 65.7 cm³/mol. The SMILES string of the molecule is CC(C)C1=CC2[C@H](C1)C[C@]2(CC(=O)O)C[N+](=O)[O-]. The molecule has 0 aromatic carbocycles. The van der Waals surface area contributed by atoms with E-state index >= 15 is 0 Å². The Morgan fingerprint density at radius 2 is 2.33 bits per heavy atom. The highest BCUT2D eigenvalue weighted by atomic mass is 16.6. The van der Waals surface area contributed by atoms with Gasteiger partial charge in [0.05, 0.1) is 11.8 Å². The van der Waals surface area contributed by atoms with Crippen LogP contribution >= 0.6 is 0 Å². The Labute approximate surface area is 106 Å². The van der Waals surface area contributed by atoms with Crippen LogP contribution in [0.2, 0.25) is 0 Å². The number of allylic oxidation sites excluding steroid dienone is 2. The average Bonchev–Trinajstić information content (AvgIpc) is 2.54. The summed E-state index contributed by atoms with van der Waals surface area (Å²) in [5, 5.41) is 19.8. The molecule has 0 saturated heterocycles. The van der Waals surface area contributed by atoms with Crippen LogP contribution in [0.15, 0.2) is 11.6 Å². The van der Waals surface area contributed by atoms with E-state index in [1.807, 2.05) is 0 Å². The van der Waals surface area contributed by atoms with Gasteiger partial charge in [0.1, 0.15) is 0 Å². The van der Waals surface area contributed by atoms with E-state index < -0.39 is 11.4 Å². The van der Waals surface area contributed by atoms with Crippen LogP contribution < -0.4 is 0 Å². The number of carbonyl (C=O) groups is 1. The van der Waals surface area contributed by atoms with Gasteiger partial charge >= 0.3 is 5.97 Å². The fourth-order valence-corrected chi connectivity index (χ4v) is 3.64. The summed E-state index contributed by atoms with van der Waals surface area (Å²) in [7, 11) is 0. The Morgan fingerprint density at radius 1 is 1.67 bits per heavy atom. The van der Waals surface area contributed by atoms with Crippen LogP contribution in [0.1, 0.15) is 33.1 Å². The van der Waals surface area contributed by atoms with Gasteiger partial charge in [-0.15, -0.1) is 0 Å². The van der Waals surface area contributed by atoms with Crippen molar-refractivity contribution in [2.24, 2.45) is 23.2 Å². The van der Waals surface area contributed by atoms with Crippen molar-refractivity contribution < 1.29 is 14.8 Å². The van der Waals surface area contributed by atoms with Gasteiger partial charge in [-0.1, -0.05) is 25.5 Å². The minimum atomic E-state index is -0.929. The van der Waals surface area contributed by atoms with Crippen LogP contribution in [0.25, 0.3) is 0 Å². The quantitative estimate of drug-likeness (QED) is 0.463. The molecule has 1 fully saturated rings. The number of nitro groups is 1. The molecular weight excluding hydrogens is 234 g/mol. The van der Waals surface area contributed by atoms with Gasteiger partial charge in [-0.2, -0.15) is 0 Å². The summed E-state index contributed by atoms with van der Waals surface area (Å²) in [4.78, 5) is 21.4. The van der Waals surface area contributed by atoms with E-state index in [1.54, 1.807) is 0 Å². The number of hydrogen-bond donors (Lipinski definition) is 1. The number of nitrogens with zero attached hydrogens (tertiary/aromatic N) is 1. The number of hydrogen-bond acceptors (Lipinski definition) is 3. The third-order valence-electron chi connectivity index (χ3n) is 4.46. The van der Waals surface area contributed by atoms with Gasteiger partial charge in [0, 0.05) is 4.92 Å². The van der Waals surface area contributed by atoms with E-state index in [1.165, 1.54) is 5.57 Å². The molecule has 0 amide bonds. The smallest absolute Gasteiger partial charge is 0.304 e. The molecule has 1 N–H and O–H groups in total. The molecule has 0 heterocycles. The Morgan fingerprint density at radius 3 is 2.83 bits per heavy atom. The molecule has 0 aliphatic heterocycles. The van der Waals surface area contributed by atoms with E-state index in [0.717, 1.165) is 6.42 Å². The third-order valence-corrected chi connectivity index (χ3v) is 4.46. The van der Waals surface area contributed by atoms with Crippen molar-refractivity contribution >= 4 is 5.97 Å². The molecule has 0 bridgehead atoms. The molecule has 2 aliphatic carbocycles. The second-order valence-electron chi connectivity index (χ2n) is 6.01. The molecule has 18 heavy (non-hydrogen) atoms. The van der Waals surface area contributed by atoms with Crippen LogP contribution in [0.4, 0.5) is 0 Å². The monoisotopic (exact) mass is 253 g/mol. The van der Waals surface area contributed by atoms with E-state index in [-0.39, 0.29) is 23.8 Å². The normalized spacial score (nSPS) is 33.8. The number of rotatable bonds is 5. The van der Waals surface area contributed by atoms with Gasteiger partial charge in [-0.05, 0) is 30.6 Å². The summed E-state index contributed by atoms with van der Waals surface area (Å²) < 4.78 is 0. The van der Waals surface area contributed by atoms with Gasteiger partial charge in [-0.3, -0.25) is 14.9 Å². The summed E-state index contributed by atoms with van der Waals surface area (Å²) in [6.07, 6.45) is 3.70. The van der Waals surface area contributed by atoms with Crippen molar-refractivity contribution in [2.45, 2.75) is 33.1 Å². The summed E-state index contributed by atoms with van der Waals surface area (Å²) in [5.41, 5.74) is 0.692. The van der Waals surface area contributed by atoms with Gasteiger partial charge in [0.25, 0.3) is 0 Å². The second-order valence-corrected chi connectivity index (χ2v) is 6.01. The van der Waals surface area contributed by atoms with Gasteiger partial charge in [0.15, 0.2) is 0 Å². The molecule has 1 unspecified atom stereocenters. The molecule has 2 aliphatic rings. The van der Waals surface area contributed by atoms with E-state index in [2.05, 4.69) is 19.9 Å². The maximum atomic E-state index is 10.9. The van der Waals surface area contributed by atoms with Crippen LogP contribution in [0.5, 0.6) is 0 Å². The number of aliphatic carboxylic acids is 1. The highest BCUT2D eigenvalue weighted by Crippen LogP contribution is 2.60. The van der Waals surface area contributed by atoms with Crippen molar-refractivity contribution in [2.75, 3.05) is 6.54 Å². The molecule has 2 rings (SSSR count). The Kier molecular flexibility index (Phi) is 3.17. The largest absolute Gasteiger partial charge is 0.481 e. The molecule has 0 aromatic rings.